The quantitative estimate of drug-likeness (QED) is 0.0997. The van der Waals surface area contributed by atoms with Gasteiger partial charge >= 0.3 is 0 Å². The van der Waals surface area contributed by atoms with Gasteiger partial charge in [0.25, 0.3) is 0 Å². The number of benzene rings is 9. The summed E-state index contributed by atoms with van der Waals surface area (Å²) in [5, 5.41) is 6.29. The van der Waals surface area contributed by atoms with E-state index in [0.717, 1.165) is 139 Å². The molecule has 2 nitrogen and oxygen atoms in total. The van der Waals surface area contributed by atoms with Gasteiger partial charge in [-0.05, 0) is 161 Å². The van der Waals surface area contributed by atoms with Crippen molar-refractivity contribution in [2.24, 2.45) is 0 Å². The normalized spacial score (nSPS) is 15.8. The van der Waals surface area contributed by atoms with Crippen molar-refractivity contribution < 1.29 is 8.78 Å². The van der Waals surface area contributed by atoms with Gasteiger partial charge in [-0.2, -0.15) is 0 Å². The highest BCUT2D eigenvalue weighted by atomic mass is 19.1. The molecule has 0 saturated heterocycles. The first-order valence-corrected chi connectivity index (χ1v) is 24.1. The maximum Gasteiger partial charge on any atom is 0.148 e. The number of rotatable bonds is 10. The van der Waals surface area contributed by atoms with Gasteiger partial charge in [0.15, 0.2) is 0 Å². The van der Waals surface area contributed by atoms with Crippen molar-refractivity contribution in [3.8, 4) is 11.1 Å². The van der Waals surface area contributed by atoms with Gasteiger partial charge < -0.3 is 9.80 Å². The lowest BCUT2D eigenvalue weighted by atomic mass is 9.85. The molecule has 68 heavy (non-hydrogen) atoms. The first-order chi connectivity index (χ1) is 33.6. The van der Waals surface area contributed by atoms with Crippen LogP contribution in [0.2, 0.25) is 0 Å². The summed E-state index contributed by atoms with van der Waals surface area (Å²) in [5.74, 6) is -0.273. The summed E-state index contributed by atoms with van der Waals surface area (Å²) in [4.78, 5) is 4.24. The van der Waals surface area contributed by atoms with E-state index in [0.29, 0.717) is 11.4 Å². The molecule has 4 heteroatoms. The van der Waals surface area contributed by atoms with E-state index in [1.54, 1.807) is 12.1 Å². The van der Waals surface area contributed by atoms with E-state index in [9.17, 15) is 0 Å². The summed E-state index contributed by atoms with van der Waals surface area (Å²) in [6, 6.07) is 55.8. The average molecular weight is 885 g/mol. The summed E-state index contributed by atoms with van der Waals surface area (Å²) < 4.78 is 35.3. The minimum Gasteiger partial charge on any atom is -0.307 e. The number of anilines is 6. The smallest absolute Gasteiger partial charge is 0.148 e. The molecule has 9 aromatic rings. The van der Waals surface area contributed by atoms with Crippen molar-refractivity contribution >= 4 is 77.6 Å². The Labute approximate surface area is 397 Å². The molecule has 0 saturated carbocycles. The molecular weight excluding hydrogens is 835 g/mol. The standard InChI is InChI=1S/C64H50F2N2/c65-57-41-49(43-19-7-1-8-20-43)39-55(45-23-11-3-12-24-45)63(57)67(51-27-15-5-16-28-51)59-37-33-47-32-36-54-60(38-34-48-31-35-53(59)61(47)62(48)54)68(52-29-17-6-18-30-52)64-56(46-25-13-4-14-26-46)40-50(42-58(64)66)44-21-9-2-10-22-44/h1,4-7,9,11,13-18,21-43H,2-3,8,10,12,19-20H2. The minimum absolute atomic E-state index is 0.236. The van der Waals surface area contributed by atoms with Crippen LogP contribution in [0.5, 0.6) is 0 Å². The van der Waals surface area contributed by atoms with Gasteiger partial charge in [-0.25, -0.2) is 8.78 Å². The summed E-state index contributed by atoms with van der Waals surface area (Å²) in [6.45, 7) is 0. The van der Waals surface area contributed by atoms with E-state index in [1.165, 1.54) is 0 Å². The Hall–Kier alpha value is -7.82. The van der Waals surface area contributed by atoms with Crippen LogP contribution < -0.4 is 9.80 Å². The molecule has 0 radical (unpaired) electrons. The van der Waals surface area contributed by atoms with E-state index in [2.05, 4.69) is 155 Å². The van der Waals surface area contributed by atoms with Gasteiger partial charge in [0.05, 0.1) is 22.7 Å². The molecule has 0 heterocycles. The number of hydrogen-bond acceptors (Lipinski definition) is 2. The molecule has 0 bridgehead atoms. The molecule has 330 valence electrons. The van der Waals surface area contributed by atoms with Gasteiger partial charge in [-0.1, -0.05) is 152 Å². The van der Waals surface area contributed by atoms with Gasteiger partial charge in [0, 0.05) is 33.3 Å². The number of para-hydroxylation sites is 2. The van der Waals surface area contributed by atoms with Crippen molar-refractivity contribution in [2.45, 2.75) is 50.9 Å². The van der Waals surface area contributed by atoms with Crippen LogP contribution in [0.1, 0.15) is 67.6 Å². The molecule has 0 aliphatic heterocycles. The molecule has 0 amide bonds. The lowest BCUT2D eigenvalue weighted by molar-refractivity contribution is 0.595. The summed E-state index contributed by atoms with van der Waals surface area (Å²) >= 11 is 0. The molecule has 3 aliphatic rings. The highest BCUT2D eigenvalue weighted by molar-refractivity contribution is 6.28. The molecule has 9 aromatic carbocycles. The maximum atomic E-state index is 17.7. The fourth-order valence-corrected chi connectivity index (χ4v) is 11.0. The number of halogens is 2. The number of allylic oxidation sites excluding steroid dienone is 10. The molecule has 0 N–H and O–H groups in total. The zero-order valence-corrected chi connectivity index (χ0v) is 37.9. The summed E-state index contributed by atoms with van der Waals surface area (Å²) in [7, 11) is 0. The van der Waals surface area contributed by atoms with E-state index >= 15 is 8.78 Å². The van der Waals surface area contributed by atoms with E-state index in [-0.39, 0.29) is 17.6 Å². The Balaban J connectivity index is 1.10. The highest BCUT2D eigenvalue weighted by Crippen LogP contribution is 2.51. The Morgan fingerprint density at radius 2 is 0.971 bits per heavy atom. The SMILES string of the molecule is Fc1cc(C2CC=CCC2)cc(C2=CCCC=C2)c1N(c1ccccc1)c1ccc2ccc3c(N(c4ccccc4)c4c(F)cc(C5=CCCC=C5)cc4-c4ccccc4)ccc4ccc1c2c43. The largest absolute Gasteiger partial charge is 0.307 e. The molecule has 1 unspecified atom stereocenters. The van der Waals surface area contributed by atoms with Crippen LogP contribution in [0.3, 0.4) is 0 Å². The lowest BCUT2D eigenvalue weighted by Gasteiger charge is -2.32. The number of hydrogen-bond donors (Lipinski definition) is 0. The topological polar surface area (TPSA) is 6.48 Å². The summed E-state index contributed by atoms with van der Waals surface area (Å²) in [5.41, 5.74) is 11.1. The second kappa shape index (κ2) is 17.8. The van der Waals surface area contributed by atoms with E-state index < -0.39 is 0 Å². The van der Waals surface area contributed by atoms with Crippen molar-refractivity contribution in [2.75, 3.05) is 9.80 Å². The first-order valence-electron chi connectivity index (χ1n) is 24.1. The maximum absolute atomic E-state index is 17.7. The van der Waals surface area contributed by atoms with Crippen molar-refractivity contribution in [1.29, 1.82) is 0 Å². The number of nitrogens with zero attached hydrogens (tertiary/aromatic N) is 2. The van der Waals surface area contributed by atoms with E-state index in [1.807, 2.05) is 54.6 Å². The molecule has 1 atom stereocenters. The fourth-order valence-electron chi connectivity index (χ4n) is 11.0. The van der Waals surface area contributed by atoms with Crippen molar-refractivity contribution in [3.63, 3.8) is 0 Å². The Morgan fingerprint density at radius 3 is 1.53 bits per heavy atom. The molecule has 3 aliphatic carbocycles. The molecular formula is C64H50F2N2. The molecule has 0 aromatic heterocycles. The molecule has 0 fully saturated rings. The lowest BCUT2D eigenvalue weighted by Crippen LogP contribution is -2.16. The minimum atomic E-state index is -0.303. The van der Waals surface area contributed by atoms with E-state index in [4.69, 9.17) is 0 Å². The predicted octanol–water partition coefficient (Wildman–Crippen LogP) is 18.8. The van der Waals surface area contributed by atoms with Crippen LogP contribution in [0.4, 0.5) is 42.9 Å². The first kappa shape index (κ1) is 41.6. The third kappa shape index (κ3) is 7.41. The zero-order chi connectivity index (χ0) is 45.6. The second-order valence-corrected chi connectivity index (χ2v) is 18.3. The predicted molar refractivity (Wildman–Crippen MR) is 283 cm³/mol. The van der Waals surface area contributed by atoms with Crippen LogP contribution in [0.15, 0.2) is 212 Å². The fraction of sp³-hybridized carbons (Fsp3) is 0.125. The average Bonchev–Trinajstić information content (AvgIpc) is 3.41. The Morgan fingerprint density at radius 1 is 0.426 bits per heavy atom. The molecule has 0 spiro atoms. The van der Waals surface area contributed by atoms with Gasteiger partial charge in [-0.15, -0.1) is 0 Å². The second-order valence-electron chi connectivity index (χ2n) is 18.3. The van der Waals surface area contributed by atoms with Crippen LogP contribution in [0, 0.1) is 11.6 Å². The van der Waals surface area contributed by atoms with Gasteiger partial charge in [0.2, 0.25) is 0 Å². The van der Waals surface area contributed by atoms with Crippen LogP contribution >= 0.6 is 0 Å². The van der Waals surface area contributed by atoms with Crippen LogP contribution in [-0.2, 0) is 0 Å². The van der Waals surface area contributed by atoms with Crippen molar-refractivity contribution in [3.05, 3.63) is 241 Å². The highest BCUT2D eigenvalue weighted by Gasteiger charge is 2.29. The third-order valence-electron chi connectivity index (χ3n) is 14.2. The Bertz CT molecular complexity index is 3510. The zero-order valence-electron chi connectivity index (χ0n) is 37.9. The monoisotopic (exact) mass is 884 g/mol. The van der Waals surface area contributed by atoms with Crippen molar-refractivity contribution in [1.82, 2.24) is 0 Å². The molecule has 12 rings (SSSR count). The van der Waals surface area contributed by atoms with Gasteiger partial charge in [-0.3, -0.25) is 0 Å². The van der Waals surface area contributed by atoms with Crippen LogP contribution in [0.25, 0.3) is 54.6 Å². The Kier molecular flexibility index (Phi) is 10.9. The summed E-state index contributed by atoms with van der Waals surface area (Å²) in [6.07, 6.45) is 24.3. The third-order valence-corrected chi connectivity index (χ3v) is 14.2. The van der Waals surface area contributed by atoms with Crippen LogP contribution in [-0.4, -0.2) is 0 Å². The van der Waals surface area contributed by atoms with Gasteiger partial charge in [0.1, 0.15) is 11.6 Å².